The Balaban J connectivity index is 2.61. The molecular formula is C16H22ClNO3S. The molecule has 0 heterocycles. The molecule has 22 heavy (non-hydrogen) atoms. The van der Waals surface area contributed by atoms with Crippen LogP contribution in [0.2, 0.25) is 5.02 Å². The number of hydrogen-bond donors (Lipinski definition) is 1. The highest BCUT2D eigenvalue weighted by Crippen LogP contribution is 2.24. The van der Waals surface area contributed by atoms with E-state index in [4.69, 9.17) is 21.1 Å². The third-order valence-corrected chi connectivity index (χ3v) is 3.97. The van der Waals surface area contributed by atoms with E-state index in [1.54, 1.807) is 23.9 Å². The molecule has 0 saturated carbocycles. The van der Waals surface area contributed by atoms with Crippen molar-refractivity contribution >= 4 is 29.3 Å². The highest BCUT2D eigenvalue weighted by Gasteiger charge is 2.18. The molecule has 0 spiro atoms. The van der Waals surface area contributed by atoms with Crippen LogP contribution in [0, 0.1) is 0 Å². The lowest BCUT2D eigenvalue weighted by molar-refractivity contribution is -0.143. The molecule has 0 aromatic heterocycles. The highest BCUT2D eigenvalue weighted by molar-refractivity contribution is 7.98. The van der Waals surface area contributed by atoms with E-state index < -0.39 is 0 Å². The van der Waals surface area contributed by atoms with Crippen LogP contribution in [-0.4, -0.2) is 37.7 Å². The molecule has 122 valence electrons. The van der Waals surface area contributed by atoms with Gasteiger partial charge in [-0.1, -0.05) is 23.7 Å². The second kappa shape index (κ2) is 10.5. The molecule has 0 aliphatic carbocycles. The van der Waals surface area contributed by atoms with E-state index >= 15 is 0 Å². The van der Waals surface area contributed by atoms with Gasteiger partial charge in [-0.2, -0.15) is 11.8 Å². The fourth-order valence-corrected chi connectivity index (χ4v) is 2.42. The maximum Gasteiger partial charge on any atom is 0.322 e. The fourth-order valence-electron chi connectivity index (χ4n) is 1.77. The summed E-state index contributed by atoms with van der Waals surface area (Å²) in [7, 11) is 1.40. The first-order valence-corrected chi connectivity index (χ1v) is 8.77. The van der Waals surface area contributed by atoms with E-state index in [-0.39, 0.29) is 12.0 Å². The van der Waals surface area contributed by atoms with Gasteiger partial charge in [-0.25, -0.2) is 0 Å². The number of ether oxygens (including phenoxy) is 2. The van der Waals surface area contributed by atoms with Gasteiger partial charge in [0.15, 0.2) is 0 Å². The Kier molecular flexibility index (Phi) is 9.04. The van der Waals surface area contributed by atoms with Crippen molar-refractivity contribution in [1.82, 2.24) is 5.32 Å². The van der Waals surface area contributed by atoms with Crippen molar-refractivity contribution in [2.45, 2.75) is 19.4 Å². The number of thioether (sulfide) groups is 1. The molecular weight excluding hydrogens is 322 g/mol. The average molecular weight is 344 g/mol. The molecule has 0 aliphatic heterocycles. The summed E-state index contributed by atoms with van der Waals surface area (Å²) >= 11 is 7.77. The van der Waals surface area contributed by atoms with Gasteiger partial charge in [0.2, 0.25) is 0 Å². The summed E-state index contributed by atoms with van der Waals surface area (Å²) < 4.78 is 10.6. The standard InChI is InChI=1S/C16H22ClNO3S/c1-4-12(21-15-8-6-5-7-13(15)17)11-18-14(9-10-22-3)16(19)20-2/h4-8,14,18H,9-11H2,1-3H3/t14-/m0/s1. The predicted octanol–water partition coefficient (Wildman–Crippen LogP) is 3.51. The van der Waals surface area contributed by atoms with Crippen molar-refractivity contribution < 1.29 is 14.3 Å². The Hall–Kier alpha value is -1.17. The second-order valence-corrected chi connectivity index (χ2v) is 5.92. The number of methoxy groups -OCH3 is 1. The predicted molar refractivity (Wildman–Crippen MR) is 92.6 cm³/mol. The zero-order valence-corrected chi connectivity index (χ0v) is 14.7. The van der Waals surface area contributed by atoms with E-state index in [0.29, 0.717) is 29.5 Å². The summed E-state index contributed by atoms with van der Waals surface area (Å²) in [6.45, 7) is 2.30. The minimum atomic E-state index is -0.345. The number of carbonyl (C=O) groups is 1. The van der Waals surface area contributed by atoms with E-state index in [1.807, 2.05) is 31.4 Å². The minimum absolute atomic E-state index is 0.262. The SMILES string of the molecule is CC=C(CN[C@@H](CCSC)C(=O)OC)Oc1ccccc1Cl. The van der Waals surface area contributed by atoms with Gasteiger partial charge in [0.1, 0.15) is 17.6 Å². The number of hydrogen-bond acceptors (Lipinski definition) is 5. The molecule has 1 aromatic rings. The minimum Gasteiger partial charge on any atom is -0.468 e. The lowest BCUT2D eigenvalue weighted by Crippen LogP contribution is -2.39. The van der Waals surface area contributed by atoms with Crippen molar-refractivity contribution in [2.24, 2.45) is 0 Å². The largest absolute Gasteiger partial charge is 0.468 e. The lowest BCUT2D eigenvalue weighted by atomic mass is 10.2. The molecule has 0 fully saturated rings. The third-order valence-electron chi connectivity index (χ3n) is 3.02. The quantitative estimate of drug-likeness (QED) is 0.549. The van der Waals surface area contributed by atoms with Crippen molar-refractivity contribution in [3.05, 3.63) is 41.1 Å². The van der Waals surface area contributed by atoms with Crippen molar-refractivity contribution in [1.29, 1.82) is 0 Å². The topological polar surface area (TPSA) is 47.6 Å². The smallest absolute Gasteiger partial charge is 0.322 e. The van der Waals surface area contributed by atoms with Crippen LogP contribution in [0.5, 0.6) is 5.75 Å². The number of halogens is 1. The number of esters is 1. The Morgan fingerprint density at radius 3 is 2.77 bits per heavy atom. The first-order chi connectivity index (χ1) is 10.6. The molecule has 6 heteroatoms. The van der Waals surface area contributed by atoms with Crippen LogP contribution < -0.4 is 10.1 Å². The number of benzene rings is 1. The van der Waals surface area contributed by atoms with Gasteiger partial charge in [-0.15, -0.1) is 0 Å². The van der Waals surface area contributed by atoms with Crippen LogP contribution in [0.15, 0.2) is 36.1 Å². The van der Waals surface area contributed by atoms with Crippen LogP contribution in [0.25, 0.3) is 0 Å². The molecule has 1 aromatic carbocycles. The van der Waals surface area contributed by atoms with Crippen LogP contribution in [0.1, 0.15) is 13.3 Å². The second-order valence-electron chi connectivity index (χ2n) is 4.53. The maximum atomic E-state index is 11.8. The van der Waals surface area contributed by atoms with Gasteiger partial charge >= 0.3 is 5.97 Å². The van der Waals surface area contributed by atoms with Gasteiger partial charge in [-0.05, 0) is 43.6 Å². The summed E-state index contributed by atoms with van der Waals surface area (Å²) in [6.07, 6.45) is 4.56. The first kappa shape index (κ1) is 18.9. The Labute approximate surface area is 141 Å². The zero-order chi connectivity index (χ0) is 16.4. The van der Waals surface area contributed by atoms with E-state index in [0.717, 1.165) is 5.75 Å². The van der Waals surface area contributed by atoms with Gasteiger partial charge in [0.05, 0.1) is 18.7 Å². The molecule has 4 nitrogen and oxygen atoms in total. The molecule has 1 rings (SSSR count). The normalized spacial score (nSPS) is 12.8. The van der Waals surface area contributed by atoms with E-state index in [1.165, 1.54) is 7.11 Å². The number of rotatable bonds is 9. The Morgan fingerprint density at radius 1 is 1.45 bits per heavy atom. The monoisotopic (exact) mass is 343 g/mol. The third kappa shape index (κ3) is 6.30. The number of carbonyl (C=O) groups excluding carboxylic acids is 1. The van der Waals surface area contributed by atoms with Crippen LogP contribution in [0.3, 0.4) is 0 Å². The van der Waals surface area contributed by atoms with Crippen molar-refractivity contribution in [3.63, 3.8) is 0 Å². The lowest BCUT2D eigenvalue weighted by Gasteiger charge is -2.18. The number of para-hydroxylation sites is 1. The van der Waals surface area contributed by atoms with Gasteiger partial charge in [-0.3, -0.25) is 10.1 Å². The Morgan fingerprint density at radius 2 is 2.18 bits per heavy atom. The summed E-state index contributed by atoms with van der Waals surface area (Å²) in [6, 6.07) is 6.93. The van der Waals surface area contributed by atoms with Gasteiger partial charge in [0.25, 0.3) is 0 Å². The van der Waals surface area contributed by atoms with Gasteiger partial charge in [0, 0.05) is 0 Å². The molecule has 0 aliphatic rings. The first-order valence-electron chi connectivity index (χ1n) is 7.00. The maximum absolute atomic E-state index is 11.8. The summed E-state index contributed by atoms with van der Waals surface area (Å²) in [4.78, 5) is 11.8. The summed E-state index contributed by atoms with van der Waals surface area (Å²) in [5.41, 5.74) is 0. The van der Waals surface area contributed by atoms with Crippen molar-refractivity contribution in [2.75, 3.05) is 25.7 Å². The van der Waals surface area contributed by atoms with E-state index in [2.05, 4.69) is 5.32 Å². The Bertz CT molecular complexity index is 508. The fraction of sp³-hybridized carbons (Fsp3) is 0.438. The summed E-state index contributed by atoms with van der Waals surface area (Å²) in [5, 5.41) is 3.72. The summed E-state index contributed by atoms with van der Waals surface area (Å²) in [5.74, 6) is 1.91. The number of nitrogens with one attached hydrogen (secondary N) is 1. The molecule has 0 radical (unpaired) electrons. The molecule has 0 amide bonds. The molecule has 0 unspecified atom stereocenters. The molecule has 1 atom stereocenters. The number of allylic oxidation sites excluding steroid dienone is 1. The average Bonchev–Trinajstić information content (AvgIpc) is 2.54. The van der Waals surface area contributed by atoms with Crippen LogP contribution in [0.4, 0.5) is 0 Å². The molecule has 0 saturated heterocycles. The van der Waals surface area contributed by atoms with Gasteiger partial charge < -0.3 is 9.47 Å². The molecule has 0 bridgehead atoms. The van der Waals surface area contributed by atoms with E-state index in [9.17, 15) is 4.79 Å². The highest BCUT2D eigenvalue weighted by atomic mass is 35.5. The zero-order valence-electron chi connectivity index (χ0n) is 13.1. The van der Waals surface area contributed by atoms with Crippen molar-refractivity contribution in [3.8, 4) is 5.75 Å². The van der Waals surface area contributed by atoms with Crippen LogP contribution in [-0.2, 0) is 9.53 Å². The molecule has 1 N–H and O–H groups in total. The van der Waals surface area contributed by atoms with Crippen LogP contribution >= 0.6 is 23.4 Å².